The Morgan fingerprint density at radius 3 is 2.31 bits per heavy atom. The standard InChI is InChI=1S/C29H30FNO8/c1-18(16-24(33)26-28(37-17-36-20(3)32)25(35-4)14-15-31-26)29(34)38-19(2)27(21-8-6-5-7-9-21)39-23-12-10-22(30)11-13-23/h5-15,18-19,27H,16-17H2,1-4H3/t18-,19+,27+/m1/s1. The SMILES string of the molecule is COc1ccnc(C(=O)C[C@@H](C)C(=O)O[C@@H](C)[C@H](Oc2ccc(F)cc2)c2ccccc2)c1OCOC(C)=O. The Morgan fingerprint density at radius 1 is 0.974 bits per heavy atom. The van der Waals surface area contributed by atoms with Crippen molar-refractivity contribution in [2.24, 2.45) is 5.92 Å². The Kier molecular flexibility index (Phi) is 10.4. The summed E-state index contributed by atoms with van der Waals surface area (Å²) < 4.78 is 40.6. The van der Waals surface area contributed by atoms with E-state index < -0.39 is 48.5 Å². The van der Waals surface area contributed by atoms with Gasteiger partial charge in [0.2, 0.25) is 6.79 Å². The summed E-state index contributed by atoms with van der Waals surface area (Å²) in [5.74, 6) is -2.30. The maximum Gasteiger partial charge on any atom is 0.309 e. The minimum Gasteiger partial charge on any atom is -0.493 e. The van der Waals surface area contributed by atoms with Gasteiger partial charge < -0.3 is 23.7 Å². The fraction of sp³-hybridized carbons (Fsp3) is 0.310. The number of esters is 2. The first-order valence-corrected chi connectivity index (χ1v) is 12.2. The van der Waals surface area contributed by atoms with Crippen molar-refractivity contribution in [2.75, 3.05) is 13.9 Å². The third-order valence-corrected chi connectivity index (χ3v) is 5.65. The fourth-order valence-electron chi connectivity index (χ4n) is 3.66. The van der Waals surface area contributed by atoms with Crippen LogP contribution in [-0.2, 0) is 19.1 Å². The van der Waals surface area contributed by atoms with Crippen LogP contribution < -0.4 is 14.2 Å². The summed E-state index contributed by atoms with van der Waals surface area (Å²) >= 11 is 0. The van der Waals surface area contributed by atoms with Crippen molar-refractivity contribution in [3.05, 3.63) is 83.9 Å². The monoisotopic (exact) mass is 539 g/mol. The van der Waals surface area contributed by atoms with Crippen LogP contribution >= 0.6 is 0 Å². The van der Waals surface area contributed by atoms with Gasteiger partial charge in [0.15, 0.2) is 29.1 Å². The molecule has 0 radical (unpaired) electrons. The van der Waals surface area contributed by atoms with Crippen molar-refractivity contribution < 1.29 is 42.5 Å². The number of nitrogens with zero attached hydrogens (tertiary/aromatic N) is 1. The smallest absolute Gasteiger partial charge is 0.309 e. The lowest BCUT2D eigenvalue weighted by atomic mass is 10.0. The third kappa shape index (κ3) is 8.26. The molecule has 2 aromatic carbocycles. The second kappa shape index (κ2) is 13.9. The van der Waals surface area contributed by atoms with Gasteiger partial charge in [-0.05, 0) is 36.8 Å². The van der Waals surface area contributed by atoms with Crippen molar-refractivity contribution in [1.29, 1.82) is 0 Å². The molecule has 3 rings (SSSR count). The number of pyridine rings is 1. The van der Waals surface area contributed by atoms with Gasteiger partial charge in [0.05, 0.1) is 13.0 Å². The molecule has 0 saturated heterocycles. The van der Waals surface area contributed by atoms with E-state index in [9.17, 15) is 18.8 Å². The van der Waals surface area contributed by atoms with Crippen molar-refractivity contribution in [2.45, 2.75) is 39.4 Å². The maximum absolute atomic E-state index is 13.4. The zero-order valence-corrected chi connectivity index (χ0v) is 22.1. The summed E-state index contributed by atoms with van der Waals surface area (Å²) in [6, 6.07) is 16.2. The molecule has 0 saturated carbocycles. The molecule has 1 aromatic heterocycles. The largest absolute Gasteiger partial charge is 0.493 e. The Labute approximate surface area is 225 Å². The summed E-state index contributed by atoms with van der Waals surface area (Å²) in [5, 5.41) is 0. The number of hydrogen-bond acceptors (Lipinski definition) is 9. The van der Waals surface area contributed by atoms with Gasteiger partial charge in [0.1, 0.15) is 17.7 Å². The molecule has 0 aliphatic rings. The third-order valence-electron chi connectivity index (χ3n) is 5.65. The van der Waals surface area contributed by atoms with E-state index in [-0.39, 0.29) is 23.6 Å². The number of carbonyl (C=O) groups is 3. The van der Waals surface area contributed by atoms with Crippen LogP contribution in [0.25, 0.3) is 0 Å². The molecule has 0 bridgehead atoms. The normalized spacial score (nSPS) is 12.9. The molecule has 0 N–H and O–H groups in total. The number of rotatable bonds is 13. The first-order valence-electron chi connectivity index (χ1n) is 12.2. The van der Waals surface area contributed by atoms with Crippen LogP contribution in [0.2, 0.25) is 0 Å². The fourth-order valence-corrected chi connectivity index (χ4v) is 3.66. The van der Waals surface area contributed by atoms with Crippen molar-refractivity contribution >= 4 is 17.7 Å². The second-order valence-electron chi connectivity index (χ2n) is 8.66. The Balaban J connectivity index is 1.71. The predicted octanol–water partition coefficient (Wildman–Crippen LogP) is 5.09. The first kappa shape index (κ1) is 29.1. The zero-order valence-electron chi connectivity index (χ0n) is 22.1. The van der Waals surface area contributed by atoms with Crippen LogP contribution in [0.3, 0.4) is 0 Å². The summed E-state index contributed by atoms with van der Waals surface area (Å²) in [6.07, 6.45) is -0.303. The quantitative estimate of drug-likeness (QED) is 0.167. The molecule has 0 spiro atoms. The number of ether oxygens (including phenoxy) is 5. The Hall–Kier alpha value is -4.47. The number of hydrogen-bond donors (Lipinski definition) is 0. The molecule has 10 heteroatoms. The molecule has 206 valence electrons. The van der Waals surface area contributed by atoms with Gasteiger partial charge in [-0.3, -0.25) is 14.4 Å². The lowest BCUT2D eigenvalue weighted by molar-refractivity contribution is -0.157. The molecule has 39 heavy (non-hydrogen) atoms. The highest BCUT2D eigenvalue weighted by Gasteiger charge is 2.29. The highest BCUT2D eigenvalue weighted by molar-refractivity contribution is 5.99. The van der Waals surface area contributed by atoms with E-state index in [4.69, 9.17) is 23.7 Å². The number of methoxy groups -OCH3 is 1. The molecular weight excluding hydrogens is 509 g/mol. The second-order valence-corrected chi connectivity index (χ2v) is 8.66. The summed E-state index contributed by atoms with van der Waals surface area (Å²) in [4.78, 5) is 41.2. The van der Waals surface area contributed by atoms with E-state index in [1.807, 2.05) is 30.3 Å². The number of aromatic nitrogens is 1. The number of benzene rings is 2. The number of halogens is 1. The average Bonchev–Trinajstić information content (AvgIpc) is 2.92. The lowest BCUT2D eigenvalue weighted by Crippen LogP contribution is -2.30. The van der Waals surface area contributed by atoms with Crippen molar-refractivity contribution in [3.8, 4) is 17.2 Å². The molecule has 9 nitrogen and oxygen atoms in total. The van der Waals surface area contributed by atoms with Gasteiger partial charge in [-0.1, -0.05) is 37.3 Å². The molecule has 0 amide bonds. The lowest BCUT2D eigenvalue weighted by Gasteiger charge is -2.26. The van der Waals surface area contributed by atoms with Gasteiger partial charge in [-0.2, -0.15) is 0 Å². The topological polar surface area (TPSA) is 110 Å². The van der Waals surface area contributed by atoms with E-state index in [0.29, 0.717) is 5.75 Å². The van der Waals surface area contributed by atoms with Gasteiger partial charge in [0.25, 0.3) is 0 Å². The molecule has 0 aliphatic heterocycles. The molecule has 3 aromatic rings. The molecule has 0 aliphatic carbocycles. The highest BCUT2D eigenvalue weighted by atomic mass is 19.1. The summed E-state index contributed by atoms with van der Waals surface area (Å²) in [5.41, 5.74) is 0.678. The highest BCUT2D eigenvalue weighted by Crippen LogP contribution is 2.32. The van der Waals surface area contributed by atoms with E-state index in [0.717, 1.165) is 5.56 Å². The van der Waals surface area contributed by atoms with Crippen LogP contribution in [0.4, 0.5) is 4.39 Å². The van der Waals surface area contributed by atoms with Crippen LogP contribution in [0.5, 0.6) is 17.2 Å². The van der Waals surface area contributed by atoms with Gasteiger partial charge in [0, 0.05) is 25.6 Å². The Morgan fingerprint density at radius 2 is 1.67 bits per heavy atom. The molecular formula is C29H30FNO8. The van der Waals surface area contributed by atoms with E-state index in [2.05, 4.69) is 4.98 Å². The average molecular weight is 540 g/mol. The van der Waals surface area contributed by atoms with Crippen molar-refractivity contribution in [1.82, 2.24) is 4.98 Å². The Bertz CT molecular complexity index is 1270. The van der Waals surface area contributed by atoms with Crippen molar-refractivity contribution in [3.63, 3.8) is 0 Å². The number of Topliss-reactive ketones (excluding diaryl/α,β-unsaturated/α-hetero) is 1. The molecule has 3 atom stereocenters. The van der Waals surface area contributed by atoms with Crippen LogP contribution in [-0.4, -0.2) is 42.7 Å². The van der Waals surface area contributed by atoms with Crippen LogP contribution in [0.15, 0.2) is 66.9 Å². The maximum atomic E-state index is 13.4. The van der Waals surface area contributed by atoms with Crippen LogP contribution in [0, 0.1) is 11.7 Å². The summed E-state index contributed by atoms with van der Waals surface area (Å²) in [6.45, 7) is 4.02. The van der Waals surface area contributed by atoms with E-state index in [1.54, 1.807) is 13.8 Å². The predicted molar refractivity (Wildman–Crippen MR) is 138 cm³/mol. The minimum absolute atomic E-state index is 0.00275. The first-order chi connectivity index (χ1) is 18.7. The van der Waals surface area contributed by atoms with Crippen LogP contribution in [0.1, 0.15) is 49.3 Å². The number of carbonyl (C=O) groups excluding carboxylic acids is 3. The minimum atomic E-state index is -0.837. The zero-order chi connectivity index (χ0) is 28.4. The summed E-state index contributed by atoms with van der Waals surface area (Å²) in [7, 11) is 1.39. The van der Waals surface area contributed by atoms with E-state index >= 15 is 0 Å². The molecule has 0 fully saturated rings. The molecule has 1 heterocycles. The van der Waals surface area contributed by atoms with Gasteiger partial charge in [-0.15, -0.1) is 0 Å². The van der Waals surface area contributed by atoms with E-state index in [1.165, 1.54) is 50.6 Å². The molecule has 0 unspecified atom stereocenters. The van der Waals surface area contributed by atoms with Gasteiger partial charge in [-0.25, -0.2) is 9.37 Å². The van der Waals surface area contributed by atoms with Gasteiger partial charge >= 0.3 is 11.9 Å². The number of ketones is 1.